The summed E-state index contributed by atoms with van der Waals surface area (Å²) >= 11 is 0. The minimum atomic E-state index is -0.750. The van der Waals surface area contributed by atoms with E-state index < -0.39 is 5.97 Å². The van der Waals surface area contributed by atoms with Gasteiger partial charge in [-0.1, -0.05) is 13.8 Å². The van der Waals surface area contributed by atoms with Crippen LogP contribution in [-0.4, -0.2) is 41.6 Å². The molecule has 0 unspecified atom stereocenters. The van der Waals surface area contributed by atoms with Gasteiger partial charge in [0.2, 0.25) is 0 Å². The Morgan fingerprint density at radius 3 is 2.56 bits per heavy atom. The number of hydrogen-bond acceptors (Lipinski definition) is 2. The molecule has 5 nitrogen and oxygen atoms in total. The molecular formula is C13H24N2O3. The van der Waals surface area contributed by atoms with Crippen molar-refractivity contribution in [3.05, 3.63) is 0 Å². The number of carboxylic acids is 1. The number of carboxylic acid groups (broad SMARTS) is 1. The number of amides is 2. The zero-order chi connectivity index (χ0) is 13.7. The lowest BCUT2D eigenvalue weighted by Crippen LogP contribution is -2.42. The van der Waals surface area contributed by atoms with Crippen molar-refractivity contribution in [3.8, 4) is 0 Å². The Labute approximate surface area is 109 Å². The molecule has 5 heteroatoms. The highest BCUT2D eigenvalue weighted by molar-refractivity contribution is 5.75. The van der Waals surface area contributed by atoms with E-state index in [1.807, 2.05) is 0 Å². The molecule has 2 atom stereocenters. The van der Waals surface area contributed by atoms with Crippen molar-refractivity contribution in [2.24, 2.45) is 11.8 Å². The van der Waals surface area contributed by atoms with E-state index in [0.717, 1.165) is 19.4 Å². The highest BCUT2D eigenvalue weighted by atomic mass is 16.4. The average molecular weight is 256 g/mol. The minimum Gasteiger partial charge on any atom is -0.481 e. The van der Waals surface area contributed by atoms with E-state index >= 15 is 0 Å². The maximum atomic E-state index is 11.9. The maximum Gasteiger partial charge on any atom is 0.317 e. The van der Waals surface area contributed by atoms with E-state index in [2.05, 4.69) is 19.2 Å². The van der Waals surface area contributed by atoms with Gasteiger partial charge in [-0.2, -0.15) is 0 Å². The summed E-state index contributed by atoms with van der Waals surface area (Å²) in [7, 11) is 1.78. The summed E-state index contributed by atoms with van der Waals surface area (Å²) in [6.45, 7) is 4.99. The fourth-order valence-electron chi connectivity index (χ4n) is 2.18. The number of aliphatic carboxylic acids is 1. The Morgan fingerprint density at radius 1 is 1.39 bits per heavy atom. The van der Waals surface area contributed by atoms with Gasteiger partial charge in [0.15, 0.2) is 0 Å². The fraction of sp³-hybridized carbons (Fsp3) is 0.846. The molecule has 0 heterocycles. The van der Waals surface area contributed by atoms with Crippen LogP contribution in [0.3, 0.4) is 0 Å². The van der Waals surface area contributed by atoms with Crippen molar-refractivity contribution in [2.75, 3.05) is 13.6 Å². The van der Waals surface area contributed by atoms with Crippen LogP contribution in [0.2, 0.25) is 0 Å². The van der Waals surface area contributed by atoms with Gasteiger partial charge in [0, 0.05) is 19.6 Å². The number of urea groups is 1. The smallest absolute Gasteiger partial charge is 0.317 e. The van der Waals surface area contributed by atoms with Crippen LogP contribution in [0.25, 0.3) is 0 Å². The molecule has 0 aromatic heterocycles. The predicted molar refractivity (Wildman–Crippen MR) is 69.4 cm³/mol. The Morgan fingerprint density at radius 2 is 2.06 bits per heavy atom. The number of carbonyl (C=O) groups excluding carboxylic acids is 1. The summed E-state index contributed by atoms with van der Waals surface area (Å²) in [6.07, 6.45) is 2.96. The number of carbonyl (C=O) groups is 2. The summed E-state index contributed by atoms with van der Waals surface area (Å²) in [5.41, 5.74) is 0. The van der Waals surface area contributed by atoms with Crippen molar-refractivity contribution in [2.45, 2.75) is 45.6 Å². The molecule has 0 radical (unpaired) electrons. The third kappa shape index (κ3) is 4.55. The normalized spacial score (nSPS) is 23.1. The number of hydrogen-bond donors (Lipinski definition) is 2. The average Bonchev–Trinajstić information content (AvgIpc) is 2.74. The summed E-state index contributed by atoms with van der Waals surface area (Å²) in [5.74, 6) is -0.473. The molecule has 1 saturated carbocycles. The van der Waals surface area contributed by atoms with Gasteiger partial charge in [-0.25, -0.2) is 4.79 Å². The molecule has 0 bridgehead atoms. The van der Waals surface area contributed by atoms with Gasteiger partial charge < -0.3 is 15.3 Å². The number of rotatable bonds is 5. The van der Waals surface area contributed by atoms with Crippen molar-refractivity contribution in [1.82, 2.24) is 10.2 Å². The summed E-state index contributed by atoms with van der Waals surface area (Å²) in [4.78, 5) is 24.4. The van der Waals surface area contributed by atoms with Gasteiger partial charge in [0.1, 0.15) is 0 Å². The molecule has 104 valence electrons. The van der Waals surface area contributed by atoms with E-state index in [-0.39, 0.29) is 18.0 Å². The van der Waals surface area contributed by atoms with E-state index in [1.54, 1.807) is 11.9 Å². The van der Waals surface area contributed by atoms with Crippen LogP contribution >= 0.6 is 0 Å². The molecule has 2 N–H and O–H groups in total. The van der Waals surface area contributed by atoms with Gasteiger partial charge in [-0.15, -0.1) is 0 Å². The Kier molecular flexibility index (Phi) is 5.44. The molecule has 0 saturated heterocycles. The van der Waals surface area contributed by atoms with Crippen LogP contribution in [-0.2, 0) is 4.79 Å². The molecule has 18 heavy (non-hydrogen) atoms. The molecular weight excluding hydrogens is 232 g/mol. The van der Waals surface area contributed by atoms with E-state index in [1.165, 1.54) is 0 Å². The van der Waals surface area contributed by atoms with Gasteiger partial charge >= 0.3 is 12.0 Å². The largest absolute Gasteiger partial charge is 0.481 e. The second-order valence-electron chi connectivity index (χ2n) is 5.60. The second-order valence-corrected chi connectivity index (χ2v) is 5.60. The molecule has 1 fully saturated rings. The minimum absolute atomic E-state index is 0.0140. The standard InChI is InChI=1S/C13H24N2O3/c1-9(2)6-7-15(3)13(18)14-11-5-4-10(8-11)12(16)17/h9-11H,4-8H2,1-3H3,(H,14,18)(H,16,17)/t10-,11+/m1/s1. The van der Waals surface area contributed by atoms with Crippen LogP contribution in [0.15, 0.2) is 0 Å². The van der Waals surface area contributed by atoms with Crippen LogP contribution in [0.4, 0.5) is 4.79 Å². The Bertz CT molecular complexity index is 305. The van der Waals surface area contributed by atoms with Crippen LogP contribution in [0.5, 0.6) is 0 Å². The van der Waals surface area contributed by atoms with Gasteiger partial charge in [-0.05, 0) is 31.6 Å². The molecule has 0 aromatic rings. The lowest BCUT2D eigenvalue weighted by molar-refractivity contribution is -0.141. The topological polar surface area (TPSA) is 69.6 Å². The Hall–Kier alpha value is -1.26. The first-order valence-corrected chi connectivity index (χ1v) is 6.64. The molecule has 0 aromatic carbocycles. The van der Waals surface area contributed by atoms with Crippen LogP contribution < -0.4 is 5.32 Å². The third-order valence-electron chi connectivity index (χ3n) is 3.50. The molecule has 0 spiro atoms. The SMILES string of the molecule is CC(C)CCN(C)C(=O)N[C@H]1CC[C@@H](C(=O)O)C1. The molecule has 0 aliphatic heterocycles. The Balaban J connectivity index is 2.30. The molecule has 1 aliphatic carbocycles. The van der Waals surface area contributed by atoms with E-state index in [9.17, 15) is 9.59 Å². The highest BCUT2D eigenvalue weighted by Gasteiger charge is 2.30. The van der Waals surface area contributed by atoms with E-state index in [4.69, 9.17) is 5.11 Å². The summed E-state index contributed by atoms with van der Waals surface area (Å²) in [6, 6.07) is -0.0770. The first-order valence-electron chi connectivity index (χ1n) is 6.64. The van der Waals surface area contributed by atoms with Gasteiger partial charge in [0.25, 0.3) is 0 Å². The second kappa shape index (κ2) is 6.61. The lowest BCUT2D eigenvalue weighted by atomic mass is 10.1. The third-order valence-corrected chi connectivity index (χ3v) is 3.50. The van der Waals surface area contributed by atoms with Crippen molar-refractivity contribution >= 4 is 12.0 Å². The monoisotopic (exact) mass is 256 g/mol. The van der Waals surface area contributed by atoms with E-state index in [0.29, 0.717) is 18.8 Å². The summed E-state index contributed by atoms with van der Waals surface area (Å²) in [5, 5.41) is 11.8. The quantitative estimate of drug-likeness (QED) is 0.789. The lowest BCUT2D eigenvalue weighted by Gasteiger charge is -2.21. The van der Waals surface area contributed by atoms with Crippen LogP contribution in [0, 0.1) is 11.8 Å². The van der Waals surface area contributed by atoms with Crippen LogP contribution in [0.1, 0.15) is 39.5 Å². The zero-order valence-electron chi connectivity index (χ0n) is 11.5. The van der Waals surface area contributed by atoms with Crippen molar-refractivity contribution in [1.29, 1.82) is 0 Å². The molecule has 2 amide bonds. The maximum absolute atomic E-state index is 11.9. The first kappa shape index (κ1) is 14.8. The fourth-order valence-corrected chi connectivity index (χ4v) is 2.18. The highest BCUT2D eigenvalue weighted by Crippen LogP contribution is 2.25. The van der Waals surface area contributed by atoms with Gasteiger partial charge in [-0.3, -0.25) is 4.79 Å². The first-order chi connectivity index (χ1) is 8.40. The molecule has 1 rings (SSSR count). The number of nitrogens with zero attached hydrogens (tertiary/aromatic N) is 1. The molecule has 1 aliphatic rings. The van der Waals surface area contributed by atoms with Crippen molar-refractivity contribution < 1.29 is 14.7 Å². The van der Waals surface area contributed by atoms with Gasteiger partial charge in [0.05, 0.1) is 5.92 Å². The summed E-state index contributed by atoms with van der Waals surface area (Å²) < 4.78 is 0. The number of nitrogens with one attached hydrogen (secondary N) is 1. The predicted octanol–water partition coefficient (Wildman–Crippen LogP) is 1.93. The van der Waals surface area contributed by atoms with Crippen molar-refractivity contribution in [3.63, 3.8) is 0 Å². The zero-order valence-corrected chi connectivity index (χ0v) is 11.5.